The van der Waals surface area contributed by atoms with Gasteiger partial charge >= 0.3 is 0 Å². The average Bonchev–Trinajstić information content (AvgIpc) is 2.73. The van der Waals surface area contributed by atoms with E-state index < -0.39 is 5.60 Å². The van der Waals surface area contributed by atoms with Crippen LogP contribution in [0.1, 0.15) is 58.2 Å². The lowest BCUT2D eigenvalue weighted by atomic mass is 9.77. The number of hydrogen-bond acceptors (Lipinski definition) is 3. The Bertz CT molecular complexity index is 414. The highest BCUT2D eigenvalue weighted by Gasteiger charge is 2.40. The second kappa shape index (κ2) is 4.92. The molecule has 0 saturated heterocycles. The predicted octanol–water partition coefficient (Wildman–Crippen LogP) is 2.87. The fourth-order valence-corrected chi connectivity index (χ4v) is 3.07. The molecule has 4 heteroatoms. The van der Waals surface area contributed by atoms with Gasteiger partial charge in [-0.3, -0.25) is 4.68 Å². The largest absolute Gasteiger partial charge is 0.493 e. The molecule has 18 heavy (non-hydrogen) atoms. The summed E-state index contributed by atoms with van der Waals surface area (Å²) in [6, 6.07) is 0.227. The highest BCUT2D eigenvalue weighted by molar-refractivity contribution is 5.31. The maximum Gasteiger partial charge on any atom is 0.162 e. The Balaban J connectivity index is 2.44. The third kappa shape index (κ3) is 2.26. The van der Waals surface area contributed by atoms with Gasteiger partial charge in [-0.15, -0.1) is 0 Å². The maximum absolute atomic E-state index is 11.0. The summed E-state index contributed by atoms with van der Waals surface area (Å²) in [5, 5.41) is 15.4. The summed E-state index contributed by atoms with van der Waals surface area (Å²) in [6.45, 7) is 6.35. The van der Waals surface area contributed by atoms with Gasteiger partial charge in [-0.1, -0.05) is 13.3 Å². The fraction of sp³-hybridized carbons (Fsp3) is 0.786. The highest BCUT2D eigenvalue weighted by atomic mass is 16.5. The lowest BCUT2D eigenvalue weighted by Crippen LogP contribution is -2.35. The number of rotatable bonds is 3. The summed E-state index contributed by atoms with van der Waals surface area (Å²) in [6.07, 6.45) is 5.56. The lowest BCUT2D eigenvalue weighted by Gasteiger charge is -2.36. The molecule has 0 bridgehead atoms. The molecule has 1 aromatic heterocycles. The van der Waals surface area contributed by atoms with Gasteiger partial charge < -0.3 is 9.84 Å². The standard InChI is InChI=1S/C14H24N2O2/c1-10(2)16-13(12(18-4)9-15-16)14(17)7-5-6-11(3)8-14/h9-11,17H,5-8H2,1-4H3. The van der Waals surface area contributed by atoms with Crippen molar-refractivity contribution in [1.82, 2.24) is 9.78 Å². The van der Waals surface area contributed by atoms with Crippen LogP contribution in [0, 0.1) is 5.92 Å². The first-order chi connectivity index (χ1) is 8.48. The second-order valence-corrected chi connectivity index (χ2v) is 5.83. The summed E-state index contributed by atoms with van der Waals surface area (Å²) >= 11 is 0. The monoisotopic (exact) mass is 252 g/mol. The predicted molar refractivity (Wildman–Crippen MR) is 70.7 cm³/mol. The fourth-order valence-electron chi connectivity index (χ4n) is 3.07. The van der Waals surface area contributed by atoms with Crippen LogP contribution in [-0.2, 0) is 5.60 Å². The van der Waals surface area contributed by atoms with Crippen molar-refractivity contribution in [2.45, 2.75) is 58.1 Å². The van der Waals surface area contributed by atoms with Crippen molar-refractivity contribution >= 4 is 0 Å². The molecule has 0 aromatic carbocycles. The minimum Gasteiger partial charge on any atom is -0.493 e. The summed E-state index contributed by atoms with van der Waals surface area (Å²) in [4.78, 5) is 0. The van der Waals surface area contributed by atoms with Crippen LogP contribution in [0.15, 0.2) is 6.20 Å². The molecule has 0 aliphatic heterocycles. The molecule has 2 rings (SSSR count). The van der Waals surface area contributed by atoms with Crippen LogP contribution in [0.25, 0.3) is 0 Å². The van der Waals surface area contributed by atoms with Gasteiger partial charge in [0.2, 0.25) is 0 Å². The smallest absolute Gasteiger partial charge is 0.162 e. The minimum absolute atomic E-state index is 0.227. The van der Waals surface area contributed by atoms with Gasteiger partial charge in [0.15, 0.2) is 5.75 Å². The normalized spacial score (nSPS) is 28.7. The topological polar surface area (TPSA) is 47.3 Å². The molecule has 0 amide bonds. The summed E-state index contributed by atoms with van der Waals surface area (Å²) in [7, 11) is 1.64. The summed E-state index contributed by atoms with van der Waals surface area (Å²) < 4.78 is 7.29. The molecule has 1 heterocycles. The van der Waals surface area contributed by atoms with E-state index in [-0.39, 0.29) is 6.04 Å². The van der Waals surface area contributed by atoms with Crippen LogP contribution in [0.5, 0.6) is 5.75 Å². The second-order valence-electron chi connectivity index (χ2n) is 5.83. The van der Waals surface area contributed by atoms with Crippen LogP contribution in [-0.4, -0.2) is 22.0 Å². The Labute approximate surface area is 109 Å². The van der Waals surface area contributed by atoms with Crippen molar-refractivity contribution in [3.05, 3.63) is 11.9 Å². The van der Waals surface area contributed by atoms with E-state index in [0.717, 1.165) is 25.0 Å². The van der Waals surface area contributed by atoms with Crippen molar-refractivity contribution in [1.29, 1.82) is 0 Å². The number of nitrogens with zero attached hydrogens (tertiary/aromatic N) is 2. The van der Waals surface area contributed by atoms with E-state index in [9.17, 15) is 5.11 Å². The quantitative estimate of drug-likeness (QED) is 0.899. The minimum atomic E-state index is -0.788. The Morgan fingerprint density at radius 1 is 1.56 bits per heavy atom. The molecular formula is C14H24N2O2. The SMILES string of the molecule is COc1cnn(C(C)C)c1C1(O)CCCC(C)C1. The van der Waals surface area contributed by atoms with Gasteiger partial charge in [-0.2, -0.15) is 5.10 Å². The maximum atomic E-state index is 11.0. The molecule has 2 atom stereocenters. The van der Waals surface area contributed by atoms with Gasteiger partial charge in [0, 0.05) is 6.04 Å². The summed E-state index contributed by atoms with van der Waals surface area (Å²) in [5.74, 6) is 1.25. The first-order valence-corrected chi connectivity index (χ1v) is 6.82. The molecule has 1 aliphatic rings. The third-order valence-corrected chi connectivity index (χ3v) is 3.89. The van der Waals surface area contributed by atoms with E-state index in [2.05, 4.69) is 25.9 Å². The number of hydrogen-bond donors (Lipinski definition) is 1. The number of methoxy groups -OCH3 is 1. The number of ether oxygens (including phenoxy) is 1. The van der Waals surface area contributed by atoms with Crippen molar-refractivity contribution in [2.75, 3.05) is 7.11 Å². The lowest BCUT2D eigenvalue weighted by molar-refractivity contribution is -0.0279. The molecule has 4 nitrogen and oxygen atoms in total. The Morgan fingerprint density at radius 2 is 2.28 bits per heavy atom. The van der Waals surface area contributed by atoms with Crippen LogP contribution >= 0.6 is 0 Å². The Hall–Kier alpha value is -1.03. The van der Waals surface area contributed by atoms with Crippen LogP contribution in [0.3, 0.4) is 0 Å². The van der Waals surface area contributed by atoms with Crippen molar-refractivity contribution in [3.8, 4) is 5.75 Å². The molecule has 2 unspecified atom stereocenters. The first-order valence-electron chi connectivity index (χ1n) is 6.82. The Morgan fingerprint density at radius 3 is 2.83 bits per heavy atom. The molecule has 102 valence electrons. The molecule has 1 saturated carbocycles. The summed E-state index contributed by atoms with van der Waals surface area (Å²) in [5.41, 5.74) is 0.0654. The third-order valence-electron chi connectivity index (χ3n) is 3.89. The van der Waals surface area contributed by atoms with E-state index in [1.54, 1.807) is 13.3 Å². The zero-order valence-electron chi connectivity index (χ0n) is 11.8. The van der Waals surface area contributed by atoms with Gasteiger partial charge in [-0.25, -0.2) is 0 Å². The molecule has 1 fully saturated rings. The van der Waals surface area contributed by atoms with E-state index in [0.29, 0.717) is 11.7 Å². The van der Waals surface area contributed by atoms with E-state index in [4.69, 9.17) is 4.74 Å². The molecule has 0 spiro atoms. The molecule has 1 N–H and O–H groups in total. The molecular weight excluding hydrogens is 228 g/mol. The van der Waals surface area contributed by atoms with Gasteiger partial charge in [0.05, 0.1) is 13.3 Å². The first kappa shape index (κ1) is 13.4. The van der Waals surface area contributed by atoms with Crippen LogP contribution in [0.4, 0.5) is 0 Å². The van der Waals surface area contributed by atoms with Gasteiger partial charge in [0.1, 0.15) is 11.3 Å². The number of aromatic nitrogens is 2. The Kier molecular flexibility index (Phi) is 3.66. The molecule has 0 radical (unpaired) electrons. The zero-order valence-corrected chi connectivity index (χ0v) is 11.8. The van der Waals surface area contributed by atoms with Crippen molar-refractivity contribution in [2.24, 2.45) is 5.92 Å². The van der Waals surface area contributed by atoms with E-state index >= 15 is 0 Å². The molecule has 1 aromatic rings. The molecule has 1 aliphatic carbocycles. The van der Waals surface area contributed by atoms with Crippen LogP contribution in [0.2, 0.25) is 0 Å². The number of aliphatic hydroxyl groups is 1. The van der Waals surface area contributed by atoms with Gasteiger partial charge in [-0.05, 0) is 39.0 Å². The van der Waals surface area contributed by atoms with Crippen molar-refractivity contribution < 1.29 is 9.84 Å². The van der Waals surface area contributed by atoms with Gasteiger partial charge in [0.25, 0.3) is 0 Å². The van der Waals surface area contributed by atoms with E-state index in [1.165, 1.54) is 6.42 Å². The van der Waals surface area contributed by atoms with E-state index in [1.807, 2.05) is 4.68 Å². The van der Waals surface area contributed by atoms with Crippen LogP contribution < -0.4 is 4.74 Å². The highest BCUT2D eigenvalue weighted by Crippen LogP contribution is 2.43. The van der Waals surface area contributed by atoms with Crippen molar-refractivity contribution in [3.63, 3.8) is 0 Å². The zero-order chi connectivity index (χ0) is 13.3. The average molecular weight is 252 g/mol.